The Morgan fingerprint density at radius 3 is 1.84 bits per heavy atom. The molecule has 0 bridgehead atoms. The van der Waals surface area contributed by atoms with Crippen LogP contribution in [0.1, 0.15) is 142 Å². The van der Waals surface area contributed by atoms with Gasteiger partial charge in [0.2, 0.25) is 0 Å². The van der Waals surface area contributed by atoms with Gasteiger partial charge in [0.1, 0.15) is 0 Å². The smallest absolute Gasteiger partial charge is 0.0867 e. The Hall–Kier alpha value is -1.16. The molecule has 3 aliphatic rings. The molecule has 2 aliphatic carbocycles. The van der Waals surface area contributed by atoms with Gasteiger partial charge in [0.25, 0.3) is 0 Å². The third-order valence-corrected chi connectivity index (χ3v) is 10.0. The van der Waals surface area contributed by atoms with Gasteiger partial charge in [-0.05, 0) is 140 Å². The highest BCUT2D eigenvalue weighted by molar-refractivity contribution is 5.29. The van der Waals surface area contributed by atoms with Gasteiger partial charge in [-0.2, -0.15) is 5.06 Å². The second-order valence-electron chi connectivity index (χ2n) is 13.9. The van der Waals surface area contributed by atoms with Crippen LogP contribution in [0.25, 0.3) is 0 Å². The second kappa shape index (κ2) is 13.5. The molecule has 3 nitrogen and oxygen atoms in total. The lowest BCUT2D eigenvalue weighted by atomic mass is 9.69. The minimum absolute atomic E-state index is 0.00577. The van der Waals surface area contributed by atoms with Crippen LogP contribution in [0.2, 0.25) is 0 Å². The number of hydroxylamine groups is 2. The van der Waals surface area contributed by atoms with Crippen molar-refractivity contribution in [3.63, 3.8) is 0 Å². The minimum atomic E-state index is 0.00577. The van der Waals surface area contributed by atoms with E-state index in [1.807, 2.05) is 0 Å². The van der Waals surface area contributed by atoms with Crippen LogP contribution < -0.4 is 0 Å². The van der Waals surface area contributed by atoms with Crippen molar-refractivity contribution in [1.82, 2.24) is 5.06 Å². The van der Waals surface area contributed by atoms with Gasteiger partial charge in [0.15, 0.2) is 0 Å². The van der Waals surface area contributed by atoms with E-state index in [4.69, 9.17) is 9.57 Å². The monoisotopic (exact) mass is 523 g/mol. The van der Waals surface area contributed by atoms with E-state index in [1.54, 1.807) is 5.56 Å². The Morgan fingerprint density at radius 1 is 0.789 bits per heavy atom. The van der Waals surface area contributed by atoms with Crippen LogP contribution in [0.4, 0.5) is 0 Å². The van der Waals surface area contributed by atoms with Crippen LogP contribution in [0.3, 0.4) is 0 Å². The molecule has 0 aromatic heterocycles. The van der Waals surface area contributed by atoms with E-state index in [2.05, 4.69) is 83.0 Å². The molecule has 2 saturated carbocycles. The van der Waals surface area contributed by atoms with Gasteiger partial charge in [-0.15, -0.1) is 0 Å². The molecule has 214 valence electrons. The molecule has 0 spiro atoms. The van der Waals surface area contributed by atoms with Crippen LogP contribution >= 0.6 is 0 Å². The van der Waals surface area contributed by atoms with Gasteiger partial charge in [-0.3, -0.25) is 4.84 Å². The average Bonchev–Trinajstić information content (AvgIpc) is 2.90. The van der Waals surface area contributed by atoms with Crippen LogP contribution in [-0.4, -0.2) is 35.5 Å². The zero-order valence-electron chi connectivity index (χ0n) is 25.5. The van der Waals surface area contributed by atoms with Gasteiger partial charge in [0, 0.05) is 17.7 Å². The predicted molar refractivity (Wildman–Crippen MR) is 160 cm³/mol. The summed E-state index contributed by atoms with van der Waals surface area (Å²) in [7, 11) is 0. The summed E-state index contributed by atoms with van der Waals surface area (Å²) in [6.45, 7) is 15.3. The van der Waals surface area contributed by atoms with Crippen LogP contribution in [0.5, 0.6) is 0 Å². The summed E-state index contributed by atoms with van der Waals surface area (Å²) in [6, 6.07) is 9.84. The Bertz CT molecular complexity index is 838. The normalized spacial score (nSPS) is 30.6. The van der Waals surface area contributed by atoms with Crippen molar-refractivity contribution < 1.29 is 9.57 Å². The van der Waals surface area contributed by atoms with Crippen molar-refractivity contribution in [3.05, 3.63) is 47.5 Å². The predicted octanol–water partition coefficient (Wildman–Crippen LogP) is 9.58. The third-order valence-electron chi connectivity index (χ3n) is 10.0. The maximum absolute atomic E-state index is 6.25. The maximum Gasteiger partial charge on any atom is 0.0867 e. The number of hydrogen-bond donors (Lipinski definition) is 0. The van der Waals surface area contributed by atoms with Gasteiger partial charge < -0.3 is 4.74 Å². The van der Waals surface area contributed by atoms with E-state index >= 15 is 0 Å². The quantitative estimate of drug-likeness (QED) is 0.225. The van der Waals surface area contributed by atoms with Gasteiger partial charge in [0.05, 0.1) is 12.7 Å². The molecule has 1 aliphatic heterocycles. The molecule has 0 atom stereocenters. The van der Waals surface area contributed by atoms with Gasteiger partial charge in [-0.1, -0.05) is 49.8 Å². The lowest BCUT2D eigenvalue weighted by Gasteiger charge is -2.54. The fourth-order valence-corrected chi connectivity index (χ4v) is 8.15. The van der Waals surface area contributed by atoms with Crippen LogP contribution in [-0.2, 0) is 9.57 Å². The summed E-state index contributed by atoms with van der Waals surface area (Å²) in [6.07, 6.45) is 20.4. The molecule has 38 heavy (non-hydrogen) atoms. The molecule has 3 heteroatoms. The lowest BCUT2D eigenvalue weighted by Crippen LogP contribution is -2.59. The molecule has 0 unspecified atom stereocenters. The first-order chi connectivity index (χ1) is 18.2. The number of allylic oxidation sites excluding steroid dienone is 1. The van der Waals surface area contributed by atoms with E-state index in [0.29, 0.717) is 18.6 Å². The van der Waals surface area contributed by atoms with Gasteiger partial charge >= 0.3 is 0 Å². The number of benzene rings is 1. The number of nitrogens with zero attached hydrogens (tertiary/aromatic N) is 1. The summed E-state index contributed by atoms with van der Waals surface area (Å²) >= 11 is 0. The Morgan fingerprint density at radius 2 is 1.32 bits per heavy atom. The lowest BCUT2D eigenvalue weighted by molar-refractivity contribution is -0.277. The largest absolute Gasteiger partial charge is 0.378 e. The molecule has 1 aromatic carbocycles. The van der Waals surface area contributed by atoms with E-state index in [9.17, 15) is 0 Å². The molecule has 4 rings (SSSR count). The Kier molecular flexibility index (Phi) is 10.6. The SMILES string of the molecule is C/C=C/CON1C(C)(C)CC(c2ccc(C3CCC(C4CCC(OCCCC)CC4)CC3)cc2)CC1(C)C. The summed E-state index contributed by atoms with van der Waals surface area (Å²) in [5.74, 6) is 3.23. The third kappa shape index (κ3) is 7.52. The zero-order valence-corrected chi connectivity index (χ0v) is 25.5. The molecule has 0 N–H and O–H groups in total. The Labute approximate surface area is 234 Å². The summed E-state index contributed by atoms with van der Waals surface area (Å²) in [4.78, 5) is 6.25. The minimum Gasteiger partial charge on any atom is -0.378 e. The molecule has 1 aromatic rings. The van der Waals surface area contributed by atoms with Crippen molar-refractivity contribution in [2.75, 3.05) is 13.2 Å². The molecule has 0 radical (unpaired) electrons. The summed E-state index contributed by atoms with van der Waals surface area (Å²) < 4.78 is 6.12. The number of ether oxygens (including phenoxy) is 1. The molecular weight excluding hydrogens is 466 g/mol. The average molecular weight is 524 g/mol. The first-order valence-electron chi connectivity index (χ1n) is 16.0. The first-order valence-corrected chi connectivity index (χ1v) is 16.0. The molecule has 3 fully saturated rings. The van der Waals surface area contributed by atoms with Crippen molar-refractivity contribution in [2.45, 2.75) is 148 Å². The maximum atomic E-state index is 6.25. The van der Waals surface area contributed by atoms with E-state index in [0.717, 1.165) is 37.2 Å². The highest BCUT2D eigenvalue weighted by Gasteiger charge is 2.46. The standard InChI is InChI=1S/C35H57NO2/c1-7-9-23-37-33-21-19-30(20-22-33)29-13-11-27(12-14-29)28-15-17-31(18-16-28)32-25-34(3,4)36(35(5,6)26-32)38-24-10-8-2/h8,10,15-18,27,29-30,32-33H,7,9,11-14,19-26H2,1-6H3/b10-8+. The second-order valence-corrected chi connectivity index (χ2v) is 13.9. The van der Waals surface area contributed by atoms with Crippen LogP contribution in [0.15, 0.2) is 36.4 Å². The highest BCUT2D eigenvalue weighted by Crippen LogP contribution is 2.47. The number of unbranched alkanes of at least 4 members (excludes halogenated alkanes) is 1. The zero-order chi connectivity index (χ0) is 27.2. The molecule has 0 amide bonds. The van der Waals surface area contributed by atoms with E-state index in [1.165, 1.54) is 69.8 Å². The highest BCUT2D eigenvalue weighted by atomic mass is 16.7. The molecular formula is C35H57NO2. The fourth-order valence-electron chi connectivity index (χ4n) is 8.15. The summed E-state index contributed by atoms with van der Waals surface area (Å²) in [5.41, 5.74) is 3.10. The van der Waals surface area contributed by atoms with Crippen LogP contribution in [0, 0.1) is 11.8 Å². The number of hydrogen-bond acceptors (Lipinski definition) is 3. The van der Waals surface area contributed by atoms with E-state index < -0.39 is 0 Å². The number of rotatable bonds is 10. The summed E-state index contributed by atoms with van der Waals surface area (Å²) in [5, 5.41) is 2.27. The van der Waals surface area contributed by atoms with Crippen molar-refractivity contribution in [1.29, 1.82) is 0 Å². The van der Waals surface area contributed by atoms with Gasteiger partial charge in [-0.25, -0.2) is 0 Å². The molecule has 1 heterocycles. The first kappa shape index (κ1) is 29.8. The van der Waals surface area contributed by atoms with Crippen molar-refractivity contribution >= 4 is 0 Å². The van der Waals surface area contributed by atoms with Crippen molar-refractivity contribution in [3.8, 4) is 0 Å². The van der Waals surface area contributed by atoms with Crippen molar-refractivity contribution in [2.24, 2.45) is 11.8 Å². The number of piperidine rings is 1. The Balaban J connectivity index is 1.27. The van der Waals surface area contributed by atoms with E-state index in [-0.39, 0.29) is 11.1 Å². The fraction of sp³-hybridized carbons (Fsp3) is 0.771. The molecule has 1 saturated heterocycles. The topological polar surface area (TPSA) is 21.7 Å².